The first-order valence-corrected chi connectivity index (χ1v) is 7.57. The lowest BCUT2D eigenvalue weighted by molar-refractivity contribution is -0.134. The Kier molecular flexibility index (Phi) is 9.66. The molecule has 8 heteroatoms. The maximum absolute atomic E-state index is 11.9. The number of benzene rings is 1. The van der Waals surface area contributed by atoms with E-state index in [9.17, 15) is 9.59 Å². The van der Waals surface area contributed by atoms with Crippen LogP contribution in [0.5, 0.6) is 0 Å². The monoisotopic (exact) mass is 395 g/mol. The van der Waals surface area contributed by atoms with Gasteiger partial charge >= 0.3 is 0 Å². The Hall–Kier alpha value is -1.01. The number of anilines is 1. The van der Waals surface area contributed by atoms with Gasteiger partial charge in [0.25, 0.3) is 0 Å². The van der Waals surface area contributed by atoms with E-state index in [4.69, 9.17) is 5.73 Å². The smallest absolute Gasteiger partial charge is 0.234 e. The lowest BCUT2D eigenvalue weighted by Gasteiger charge is -2.32. The van der Waals surface area contributed by atoms with Crippen LogP contribution in [-0.4, -0.2) is 30.9 Å². The van der Waals surface area contributed by atoms with Gasteiger partial charge in [0.05, 0.1) is 5.92 Å². The van der Waals surface area contributed by atoms with Crippen LogP contribution < -0.4 is 16.0 Å². The molecule has 3 N–H and O–H groups in total. The fraction of sp³-hybridized carbons (Fsp3) is 0.500. The summed E-state index contributed by atoms with van der Waals surface area (Å²) in [5, 5.41) is 2.41. The number of amides is 2. The molecule has 1 unspecified atom stereocenters. The zero-order valence-electron chi connectivity index (χ0n) is 13.3. The van der Waals surface area contributed by atoms with Crippen LogP contribution in [0.15, 0.2) is 24.3 Å². The third kappa shape index (κ3) is 5.24. The van der Waals surface area contributed by atoms with Crippen LogP contribution >= 0.6 is 37.2 Å². The van der Waals surface area contributed by atoms with E-state index < -0.39 is 0 Å². The molecule has 0 spiro atoms. The Labute approximate surface area is 161 Å². The topological polar surface area (TPSA) is 75.4 Å². The fourth-order valence-electron chi connectivity index (χ4n) is 3.09. The second kappa shape index (κ2) is 10.1. The van der Waals surface area contributed by atoms with Crippen LogP contribution in [0.4, 0.5) is 5.69 Å². The van der Waals surface area contributed by atoms with Crippen molar-refractivity contribution >= 4 is 54.7 Å². The summed E-state index contributed by atoms with van der Waals surface area (Å²) in [7, 11) is 0. The molecular weight excluding hydrogens is 373 g/mol. The molecule has 0 bridgehead atoms. The molecule has 2 aliphatic heterocycles. The summed E-state index contributed by atoms with van der Waals surface area (Å²) >= 11 is 0. The zero-order chi connectivity index (χ0) is 14.8. The molecule has 5 nitrogen and oxygen atoms in total. The molecule has 0 saturated carbocycles. The van der Waals surface area contributed by atoms with Gasteiger partial charge in [0.2, 0.25) is 11.8 Å². The van der Waals surface area contributed by atoms with Gasteiger partial charge in [0, 0.05) is 31.2 Å². The van der Waals surface area contributed by atoms with Gasteiger partial charge in [-0.25, -0.2) is 0 Å². The van der Waals surface area contributed by atoms with Crippen molar-refractivity contribution in [2.75, 3.05) is 18.0 Å². The molecule has 2 amide bonds. The van der Waals surface area contributed by atoms with E-state index in [1.165, 1.54) is 5.69 Å². The van der Waals surface area contributed by atoms with Crippen molar-refractivity contribution in [3.8, 4) is 0 Å². The van der Waals surface area contributed by atoms with Crippen LogP contribution in [0.25, 0.3) is 0 Å². The highest BCUT2D eigenvalue weighted by atomic mass is 35.5. The van der Waals surface area contributed by atoms with Crippen molar-refractivity contribution in [1.82, 2.24) is 5.32 Å². The third-order valence-corrected chi connectivity index (χ3v) is 4.44. The number of carbonyl (C=O) groups excluding carboxylic acids is 2. The van der Waals surface area contributed by atoms with Gasteiger partial charge < -0.3 is 10.6 Å². The van der Waals surface area contributed by atoms with E-state index in [2.05, 4.69) is 22.3 Å². The van der Waals surface area contributed by atoms with Crippen LogP contribution in [0, 0.1) is 0 Å². The summed E-state index contributed by atoms with van der Waals surface area (Å²) in [6.07, 6.45) is 3.06. The molecule has 0 aromatic heterocycles. The second-order valence-electron chi connectivity index (χ2n) is 5.92. The fourth-order valence-corrected chi connectivity index (χ4v) is 3.09. The Balaban J connectivity index is 0.00000176. The van der Waals surface area contributed by atoms with Gasteiger partial charge in [-0.3, -0.25) is 14.9 Å². The lowest BCUT2D eigenvalue weighted by Crippen LogP contribution is -2.40. The molecule has 0 aliphatic carbocycles. The van der Waals surface area contributed by atoms with Gasteiger partial charge in [-0.1, -0.05) is 12.1 Å². The number of imide groups is 1. The summed E-state index contributed by atoms with van der Waals surface area (Å²) in [5.74, 6) is -0.549. The maximum atomic E-state index is 11.9. The van der Waals surface area contributed by atoms with Gasteiger partial charge in [-0.05, 0) is 37.0 Å². The molecule has 136 valence electrons. The third-order valence-electron chi connectivity index (χ3n) is 4.44. The van der Waals surface area contributed by atoms with E-state index in [-0.39, 0.29) is 55.0 Å². The van der Waals surface area contributed by atoms with Crippen molar-refractivity contribution < 1.29 is 9.59 Å². The molecule has 1 aromatic carbocycles. The number of nitrogens with zero attached hydrogens (tertiary/aromatic N) is 1. The van der Waals surface area contributed by atoms with Crippen molar-refractivity contribution in [2.45, 2.75) is 37.6 Å². The number of halogens is 3. The van der Waals surface area contributed by atoms with Gasteiger partial charge in [-0.15, -0.1) is 37.2 Å². The molecule has 24 heavy (non-hydrogen) atoms. The molecule has 2 fully saturated rings. The van der Waals surface area contributed by atoms with E-state index in [1.807, 2.05) is 12.1 Å². The minimum Gasteiger partial charge on any atom is -0.371 e. The van der Waals surface area contributed by atoms with Crippen molar-refractivity contribution in [3.63, 3.8) is 0 Å². The zero-order valence-corrected chi connectivity index (χ0v) is 15.7. The van der Waals surface area contributed by atoms with Gasteiger partial charge in [0.15, 0.2) is 0 Å². The molecule has 2 heterocycles. The van der Waals surface area contributed by atoms with Crippen LogP contribution in [0.2, 0.25) is 0 Å². The van der Waals surface area contributed by atoms with E-state index in [0.29, 0.717) is 18.9 Å². The molecule has 3 rings (SSSR count). The number of hydrogen-bond donors (Lipinski definition) is 2. The van der Waals surface area contributed by atoms with Crippen molar-refractivity contribution in [3.05, 3.63) is 29.8 Å². The summed E-state index contributed by atoms with van der Waals surface area (Å²) < 4.78 is 0. The molecule has 1 aromatic rings. The minimum absolute atomic E-state index is 0. The molecule has 2 aliphatic rings. The Morgan fingerprint density at radius 1 is 0.958 bits per heavy atom. The molecule has 0 radical (unpaired) electrons. The maximum Gasteiger partial charge on any atom is 0.234 e. The standard InChI is InChI=1S/C16H21N3O2.3ClH/c17-12-7-9-19(10-8-12)13-3-1-11(2-4-13)14-5-6-15(20)18-16(14)21;;;/h1-4,12,14H,5-10,17H2,(H,18,20,21);3*1H. The summed E-state index contributed by atoms with van der Waals surface area (Å²) in [4.78, 5) is 25.4. The predicted octanol–water partition coefficient (Wildman–Crippen LogP) is 2.40. The highest BCUT2D eigenvalue weighted by molar-refractivity contribution is 6.00. The van der Waals surface area contributed by atoms with Gasteiger partial charge in [0.1, 0.15) is 0 Å². The van der Waals surface area contributed by atoms with Crippen LogP contribution in [-0.2, 0) is 9.59 Å². The van der Waals surface area contributed by atoms with Crippen LogP contribution in [0.3, 0.4) is 0 Å². The quantitative estimate of drug-likeness (QED) is 0.753. The molecule has 1 atom stereocenters. The number of nitrogens with one attached hydrogen (secondary N) is 1. The predicted molar refractivity (Wildman–Crippen MR) is 103 cm³/mol. The first-order chi connectivity index (χ1) is 10.1. The summed E-state index contributed by atoms with van der Waals surface area (Å²) in [5.41, 5.74) is 8.09. The number of carbonyl (C=O) groups is 2. The molecular formula is C16H24Cl3N3O2. The normalized spacial score (nSPS) is 21.0. The first-order valence-electron chi connectivity index (χ1n) is 7.57. The summed E-state index contributed by atoms with van der Waals surface area (Å²) in [6, 6.07) is 8.46. The first kappa shape index (κ1) is 23.0. The van der Waals surface area contributed by atoms with Crippen molar-refractivity contribution in [1.29, 1.82) is 0 Å². The Morgan fingerprint density at radius 2 is 1.54 bits per heavy atom. The van der Waals surface area contributed by atoms with E-state index in [0.717, 1.165) is 31.5 Å². The lowest BCUT2D eigenvalue weighted by atomic mass is 9.90. The molecule has 2 saturated heterocycles. The van der Waals surface area contributed by atoms with Crippen LogP contribution in [0.1, 0.15) is 37.2 Å². The highest BCUT2D eigenvalue weighted by Gasteiger charge is 2.28. The van der Waals surface area contributed by atoms with Gasteiger partial charge in [-0.2, -0.15) is 0 Å². The minimum atomic E-state index is -0.202. The number of hydrogen-bond acceptors (Lipinski definition) is 4. The SMILES string of the molecule is Cl.Cl.Cl.NC1CCN(c2ccc(C3CCC(=O)NC3=O)cc2)CC1. The Bertz CT molecular complexity index is 546. The summed E-state index contributed by atoms with van der Waals surface area (Å²) in [6.45, 7) is 1.97. The number of rotatable bonds is 2. The highest BCUT2D eigenvalue weighted by Crippen LogP contribution is 2.27. The van der Waals surface area contributed by atoms with E-state index in [1.54, 1.807) is 0 Å². The largest absolute Gasteiger partial charge is 0.371 e. The average molecular weight is 397 g/mol. The second-order valence-corrected chi connectivity index (χ2v) is 5.92. The number of nitrogens with two attached hydrogens (primary N) is 1. The van der Waals surface area contributed by atoms with Crippen molar-refractivity contribution in [2.24, 2.45) is 5.73 Å². The number of piperidine rings is 2. The average Bonchev–Trinajstić information content (AvgIpc) is 2.48. The van der Waals surface area contributed by atoms with E-state index >= 15 is 0 Å². The Morgan fingerprint density at radius 3 is 2.08 bits per heavy atom.